The Balaban J connectivity index is 2.06. The van der Waals surface area contributed by atoms with E-state index in [-0.39, 0.29) is 5.56 Å². The second-order valence-electron chi connectivity index (χ2n) is 4.10. The molecule has 1 heterocycles. The number of nitrogens with one attached hydrogen (secondary N) is 1. The lowest BCUT2D eigenvalue weighted by Gasteiger charge is -2.06. The van der Waals surface area contributed by atoms with Crippen LogP contribution in [0.15, 0.2) is 51.9 Å². The minimum absolute atomic E-state index is 0.226. The van der Waals surface area contributed by atoms with Crippen molar-refractivity contribution in [2.24, 2.45) is 0 Å². The Morgan fingerprint density at radius 1 is 1.10 bits per heavy atom. The number of esters is 1. The van der Waals surface area contributed by atoms with Gasteiger partial charge in [-0.3, -0.25) is 4.79 Å². The van der Waals surface area contributed by atoms with Gasteiger partial charge in [-0.1, -0.05) is 0 Å². The molecule has 0 saturated carbocycles. The van der Waals surface area contributed by atoms with E-state index in [9.17, 15) is 14.4 Å². The molecule has 6 heteroatoms. The molecule has 0 saturated heterocycles. The molecular weight excluding hydrogens is 274 g/mol. The number of anilines is 1. The fraction of sp³-hybridized carbons (Fsp3) is 0.133. The molecule has 0 fully saturated rings. The van der Waals surface area contributed by atoms with Crippen LogP contribution in [0.4, 0.5) is 5.69 Å². The smallest absolute Gasteiger partial charge is 0.338 e. The summed E-state index contributed by atoms with van der Waals surface area (Å²) in [6.45, 7) is 2.03. The Kier molecular flexibility index (Phi) is 4.50. The molecule has 1 aromatic heterocycles. The van der Waals surface area contributed by atoms with Crippen LogP contribution < -0.4 is 10.9 Å². The standard InChI is InChI=1S/C15H13NO5/c1-2-20-15(19)10-3-6-12(7-4-10)16-14(18)11-5-8-13(17)21-9-11/h3-9H,2H2,1H3,(H,16,18). The van der Waals surface area contributed by atoms with Crippen LogP contribution in [-0.2, 0) is 4.74 Å². The van der Waals surface area contributed by atoms with E-state index in [0.29, 0.717) is 17.9 Å². The molecule has 1 amide bonds. The first-order chi connectivity index (χ1) is 10.1. The lowest BCUT2D eigenvalue weighted by Crippen LogP contribution is -2.13. The van der Waals surface area contributed by atoms with Crippen LogP contribution in [0.5, 0.6) is 0 Å². The number of benzene rings is 1. The summed E-state index contributed by atoms with van der Waals surface area (Å²) in [5.41, 5.74) is 0.620. The molecule has 1 N–H and O–H groups in total. The molecule has 0 aliphatic heterocycles. The minimum Gasteiger partial charge on any atom is -0.462 e. The Labute approximate surface area is 120 Å². The molecule has 0 atom stereocenters. The molecule has 108 valence electrons. The number of hydrogen-bond donors (Lipinski definition) is 1. The van der Waals surface area contributed by atoms with Gasteiger partial charge in [0.25, 0.3) is 5.91 Å². The topological polar surface area (TPSA) is 85.6 Å². The Bertz CT molecular complexity index is 682. The van der Waals surface area contributed by atoms with Crippen molar-refractivity contribution in [1.82, 2.24) is 0 Å². The lowest BCUT2D eigenvalue weighted by atomic mass is 10.2. The van der Waals surface area contributed by atoms with Crippen LogP contribution in [0.3, 0.4) is 0 Å². The molecule has 0 unspecified atom stereocenters. The number of rotatable bonds is 4. The highest BCUT2D eigenvalue weighted by atomic mass is 16.5. The van der Waals surface area contributed by atoms with Gasteiger partial charge in [0, 0.05) is 11.8 Å². The first-order valence-corrected chi connectivity index (χ1v) is 6.27. The van der Waals surface area contributed by atoms with Crippen LogP contribution in [-0.4, -0.2) is 18.5 Å². The highest BCUT2D eigenvalue weighted by Gasteiger charge is 2.09. The van der Waals surface area contributed by atoms with Crippen LogP contribution in [0, 0.1) is 0 Å². The van der Waals surface area contributed by atoms with E-state index >= 15 is 0 Å². The molecule has 1 aromatic carbocycles. The maximum absolute atomic E-state index is 11.9. The SMILES string of the molecule is CCOC(=O)c1ccc(NC(=O)c2ccc(=O)oc2)cc1. The summed E-state index contributed by atoms with van der Waals surface area (Å²) in [5.74, 6) is -0.831. The third-order valence-corrected chi connectivity index (χ3v) is 2.62. The van der Waals surface area contributed by atoms with Crippen LogP contribution in [0.2, 0.25) is 0 Å². The quantitative estimate of drug-likeness (QED) is 0.870. The molecule has 0 radical (unpaired) electrons. The van der Waals surface area contributed by atoms with Crippen LogP contribution in [0.25, 0.3) is 0 Å². The van der Waals surface area contributed by atoms with Crippen molar-refractivity contribution in [1.29, 1.82) is 0 Å². The number of carbonyl (C=O) groups excluding carboxylic acids is 2. The van der Waals surface area contributed by atoms with Crippen molar-refractivity contribution < 1.29 is 18.7 Å². The van der Waals surface area contributed by atoms with E-state index in [2.05, 4.69) is 9.73 Å². The molecule has 0 spiro atoms. The predicted molar refractivity (Wildman–Crippen MR) is 75.3 cm³/mol. The first-order valence-electron chi connectivity index (χ1n) is 6.27. The highest BCUT2D eigenvalue weighted by Crippen LogP contribution is 2.12. The second kappa shape index (κ2) is 6.51. The van der Waals surface area contributed by atoms with Gasteiger partial charge in [0.05, 0.1) is 17.7 Å². The number of ether oxygens (including phenoxy) is 1. The number of hydrogen-bond acceptors (Lipinski definition) is 5. The lowest BCUT2D eigenvalue weighted by molar-refractivity contribution is 0.0526. The van der Waals surface area contributed by atoms with Crippen molar-refractivity contribution in [3.63, 3.8) is 0 Å². The minimum atomic E-state index is -0.523. The molecule has 6 nitrogen and oxygen atoms in total. The van der Waals surface area contributed by atoms with Crippen molar-refractivity contribution in [2.45, 2.75) is 6.92 Å². The van der Waals surface area contributed by atoms with Gasteiger partial charge in [0.15, 0.2) is 0 Å². The normalized spacial score (nSPS) is 9.95. The van der Waals surface area contributed by atoms with E-state index in [0.717, 1.165) is 6.26 Å². The zero-order chi connectivity index (χ0) is 15.2. The van der Waals surface area contributed by atoms with Gasteiger partial charge in [-0.15, -0.1) is 0 Å². The highest BCUT2D eigenvalue weighted by molar-refractivity contribution is 6.04. The number of carbonyl (C=O) groups is 2. The van der Waals surface area contributed by atoms with Gasteiger partial charge in [-0.05, 0) is 37.3 Å². The average molecular weight is 287 g/mol. The summed E-state index contributed by atoms with van der Waals surface area (Å²) in [7, 11) is 0. The third kappa shape index (κ3) is 3.79. The molecule has 2 aromatic rings. The fourth-order valence-corrected chi connectivity index (χ4v) is 1.59. The summed E-state index contributed by atoms with van der Waals surface area (Å²) in [4.78, 5) is 34.2. The fourth-order valence-electron chi connectivity index (χ4n) is 1.59. The van der Waals surface area contributed by atoms with Crippen molar-refractivity contribution in [3.05, 3.63) is 64.2 Å². The molecule has 0 aliphatic carbocycles. The molecule has 2 rings (SSSR count). The largest absolute Gasteiger partial charge is 0.462 e. The van der Waals surface area contributed by atoms with E-state index in [4.69, 9.17) is 4.74 Å². The van der Waals surface area contributed by atoms with E-state index in [1.54, 1.807) is 31.2 Å². The van der Waals surface area contributed by atoms with Crippen molar-refractivity contribution >= 4 is 17.6 Å². The van der Waals surface area contributed by atoms with Gasteiger partial charge < -0.3 is 14.5 Å². The van der Waals surface area contributed by atoms with Crippen molar-refractivity contribution in [3.8, 4) is 0 Å². The summed E-state index contributed by atoms with van der Waals surface area (Å²) in [6.07, 6.45) is 1.09. The summed E-state index contributed by atoms with van der Waals surface area (Å²) in [6, 6.07) is 8.82. The third-order valence-electron chi connectivity index (χ3n) is 2.62. The Morgan fingerprint density at radius 3 is 2.33 bits per heavy atom. The van der Waals surface area contributed by atoms with Crippen molar-refractivity contribution in [2.75, 3.05) is 11.9 Å². The van der Waals surface area contributed by atoms with Gasteiger partial charge in [0.2, 0.25) is 0 Å². The zero-order valence-electron chi connectivity index (χ0n) is 11.3. The predicted octanol–water partition coefficient (Wildman–Crippen LogP) is 2.07. The van der Waals surface area contributed by atoms with Gasteiger partial charge >= 0.3 is 11.6 Å². The molecule has 21 heavy (non-hydrogen) atoms. The Hall–Kier alpha value is -2.89. The van der Waals surface area contributed by atoms with Crippen LogP contribution >= 0.6 is 0 Å². The summed E-state index contributed by atoms with van der Waals surface area (Å²) < 4.78 is 9.48. The monoisotopic (exact) mass is 287 g/mol. The zero-order valence-corrected chi connectivity index (χ0v) is 11.3. The number of amides is 1. The van der Waals surface area contributed by atoms with E-state index < -0.39 is 17.5 Å². The maximum atomic E-state index is 11.9. The maximum Gasteiger partial charge on any atom is 0.338 e. The van der Waals surface area contributed by atoms with Gasteiger partial charge in [0.1, 0.15) is 6.26 Å². The Morgan fingerprint density at radius 2 is 1.76 bits per heavy atom. The van der Waals surface area contributed by atoms with Gasteiger partial charge in [-0.25, -0.2) is 9.59 Å². The molecule has 0 bridgehead atoms. The second-order valence-corrected chi connectivity index (χ2v) is 4.10. The van der Waals surface area contributed by atoms with E-state index in [1.165, 1.54) is 12.1 Å². The summed E-state index contributed by atoms with van der Waals surface area (Å²) in [5, 5.41) is 2.62. The first kappa shape index (κ1) is 14.5. The van der Waals surface area contributed by atoms with Gasteiger partial charge in [-0.2, -0.15) is 0 Å². The summed E-state index contributed by atoms with van der Waals surface area (Å²) >= 11 is 0. The molecular formula is C15H13NO5. The van der Waals surface area contributed by atoms with Crippen LogP contribution in [0.1, 0.15) is 27.6 Å². The average Bonchev–Trinajstić information content (AvgIpc) is 2.49. The van der Waals surface area contributed by atoms with E-state index in [1.807, 2.05) is 0 Å². The molecule has 0 aliphatic rings.